The minimum Gasteiger partial charge on any atom is -0.447 e. The molecule has 3 nitrogen and oxygen atoms in total. The van der Waals surface area contributed by atoms with E-state index in [0.29, 0.717) is 11.1 Å². The lowest BCUT2D eigenvalue weighted by atomic mass is 10.1. The Morgan fingerprint density at radius 2 is 1.64 bits per heavy atom. The van der Waals surface area contributed by atoms with Crippen LogP contribution in [0.4, 0.5) is 0 Å². The Kier molecular flexibility index (Phi) is 5.67. The number of alkyl halides is 1. The van der Waals surface area contributed by atoms with Crippen molar-refractivity contribution < 1.29 is 14.3 Å². The molecule has 0 aliphatic heterocycles. The molecule has 0 heterocycles. The quantitative estimate of drug-likeness (QED) is 0.342. The molecule has 0 N–H and O–H groups in total. The van der Waals surface area contributed by atoms with Crippen LogP contribution < -0.4 is 0 Å². The summed E-state index contributed by atoms with van der Waals surface area (Å²) in [7, 11) is 0. The Morgan fingerprint density at radius 3 is 2.23 bits per heavy atom. The minimum absolute atomic E-state index is 0.0581. The van der Waals surface area contributed by atoms with Gasteiger partial charge in [-0.25, -0.2) is 4.79 Å². The Balaban J connectivity index is 2.04. The van der Waals surface area contributed by atoms with Gasteiger partial charge in [-0.2, -0.15) is 0 Å². The zero-order valence-corrected chi connectivity index (χ0v) is 13.6. The fourth-order valence-corrected chi connectivity index (χ4v) is 1.99. The van der Waals surface area contributed by atoms with E-state index in [4.69, 9.17) is 4.74 Å². The third-order valence-electron chi connectivity index (χ3n) is 2.90. The van der Waals surface area contributed by atoms with Gasteiger partial charge in [0.05, 0.1) is 5.56 Å². The van der Waals surface area contributed by atoms with Crippen LogP contribution in [0.25, 0.3) is 6.08 Å². The monoisotopic (exact) mass is 358 g/mol. The van der Waals surface area contributed by atoms with Crippen molar-refractivity contribution in [2.45, 2.75) is 11.9 Å². The molecular formula is C18H15BrO3. The summed E-state index contributed by atoms with van der Waals surface area (Å²) in [6.07, 6.45) is 3.24. The average Bonchev–Trinajstić information content (AvgIpc) is 2.53. The van der Waals surface area contributed by atoms with Crippen molar-refractivity contribution in [2.24, 2.45) is 0 Å². The first-order chi connectivity index (χ1) is 10.6. The van der Waals surface area contributed by atoms with Gasteiger partial charge in [0.2, 0.25) is 0 Å². The van der Waals surface area contributed by atoms with Crippen LogP contribution in [-0.2, 0) is 4.74 Å². The van der Waals surface area contributed by atoms with Gasteiger partial charge in [-0.05, 0) is 46.6 Å². The summed E-state index contributed by atoms with van der Waals surface area (Å²) in [5.41, 5.74) is 1.95. The van der Waals surface area contributed by atoms with Crippen molar-refractivity contribution in [3.8, 4) is 0 Å². The van der Waals surface area contributed by atoms with Crippen molar-refractivity contribution >= 4 is 33.8 Å². The smallest absolute Gasteiger partial charge is 0.339 e. The predicted octanol–water partition coefficient (Wildman–Crippen LogP) is 4.48. The van der Waals surface area contributed by atoms with E-state index >= 15 is 0 Å². The molecule has 0 spiro atoms. The zero-order valence-electron chi connectivity index (χ0n) is 12.0. The Labute approximate surface area is 137 Å². The number of ketones is 1. The third-order valence-corrected chi connectivity index (χ3v) is 3.09. The Bertz CT molecular complexity index is 673. The molecule has 112 valence electrons. The number of halogens is 1. The molecule has 2 rings (SSSR count). The number of carbonyl (C=O) groups is 2. The maximum Gasteiger partial charge on any atom is 0.339 e. The molecule has 0 saturated heterocycles. The topological polar surface area (TPSA) is 43.4 Å². The van der Waals surface area contributed by atoms with E-state index < -0.39 is 0 Å². The molecular weight excluding hydrogens is 344 g/mol. The number of hydrogen-bond acceptors (Lipinski definition) is 3. The van der Waals surface area contributed by atoms with Crippen molar-refractivity contribution in [3.63, 3.8) is 0 Å². The first kappa shape index (κ1) is 16.2. The van der Waals surface area contributed by atoms with Crippen LogP contribution in [0.2, 0.25) is 0 Å². The molecule has 1 atom stereocenters. The lowest BCUT2D eigenvalue weighted by Gasteiger charge is -2.06. The normalized spacial score (nSPS) is 12.1. The second-order valence-corrected chi connectivity index (χ2v) is 5.92. The van der Waals surface area contributed by atoms with Crippen LogP contribution in [0.15, 0.2) is 60.7 Å². The SMILES string of the molecule is CC(Br)OC(=O)c1ccc(/C=C\C(=O)c2ccccc2)cc1. The molecule has 0 aliphatic rings. The number of allylic oxidation sites excluding steroid dienone is 1. The van der Waals surface area contributed by atoms with Crippen molar-refractivity contribution in [2.75, 3.05) is 0 Å². The highest BCUT2D eigenvalue weighted by molar-refractivity contribution is 9.09. The summed E-state index contributed by atoms with van der Waals surface area (Å²) < 4.78 is 5.04. The van der Waals surface area contributed by atoms with Crippen LogP contribution in [0.5, 0.6) is 0 Å². The molecule has 0 radical (unpaired) electrons. The van der Waals surface area contributed by atoms with E-state index in [1.807, 2.05) is 18.2 Å². The molecule has 0 aliphatic carbocycles. The molecule has 2 aromatic rings. The number of benzene rings is 2. The summed E-state index contributed by atoms with van der Waals surface area (Å²) in [6, 6.07) is 15.9. The zero-order chi connectivity index (χ0) is 15.9. The van der Waals surface area contributed by atoms with E-state index in [-0.39, 0.29) is 16.8 Å². The van der Waals surface area contributed by atoms with E-state index in [1.165, 1.54) is 6.08 Å². The molecule has 22 heavy (non-hydrogen) atoms. The molecule has 0 saturated carbocycles. The third kappa shape index (κ3) is 4.67. The van der Waals surface area contributed by atoms with Gasteiger partial charge in [-0.3, -0.25) is 4.79 Å². The van der Waals surface area contributed by atoms with Crippen LogP contribution in [0, 0.1) is 0 Å². The Hall–Kier alpha value is -2.20. The van der Waals surface area contributed by atoms with Gasteiger partial charge >= 0.3 is 5.97 Å². The molecule has 0 fully saturated rings. The van der Waals surface area contributed by atoms with Crippen molar-refractivity contribution in [1.29, 1.82) is 0 Å². The fraction of sp³-hybridized carbons (Fsp3) is 0.111. The molecule has 2 aromatic carbocycles. The van der Waals surface area contributed by atoms with Crippen LogP contribution in [-0.4, -0.2) is 16.8 Å². The van der Waals surface area contributed by atoms with Gasteiger partial charge in [-0.1, -0.05) is 48.5 Å². The molecule has 0 bridgehead atoms. The van der Waals surface area contributed by atoms with Crippen LogP contribution in [0.1, 0.15) is 33.2 Å². The number of rotatable bonds is 5. The lowest BCUT2D eigenvalue weighted by molar-refractivity contribution is 0.0490. The number of esters is 1. The first-order valence-corrected chi connectivity index (χ1v) is 7.70. The second kappa shape index (κ2) is 7.71. The molecule has 0 amide bonds. The fourth-order valence-electron chi connectivity index (χ4n) is 1.82. The van der Waals surface area contributed by atoms with Crippen LogP contribution >= 0.6 is 15.9 Å². The summed E-state index contributed by atoms with van der Waals surface area (Å²) in [4.78, 5) is 23.6. The summed E-state index contributed by atoms with van der Waals surface area (Å²) in [6.45, 7) is 1.73. The summed E-state index contributed by atoms with van der Waals surface area (Å²) in [5, 5.41) is -0.330. The first-order valence-electron chi connectivity index (χ1n) is 6.79. The van der Waals surface area contributed by atoms with Crippen LogP contribution in [0.3, 0.4) is 0 Å². The van der Waals surface area contributed by atoms with Gasteiger partial charge in [0, 0.05) is 5.56 Å². The van der Waals surface area contributed by atoms with Gasteiger partial charge in [0.1, 0.15) is 0 Å². The maximum absolute atomic E-state index is 11.9. The second-order valence-electron chi connectivity index (χ2n) is 4.63. The number of carbonyl (C=O) groups excluding carboxylic acids is 2. The summed E-state index contributed by atoms with van der Waals surface area (Å²) in [5.74, 6) is -0.447. The van der Waals surface area contributed by atoms with E-state index in [1.54, 1.807) is 49.4 Å². The average molecular weight is 359 g/mol. The number of ether oxygens (including phenoxy) is 1. The predicted molar refractivity (Wildman–Crippen MR) is 90.1 cm³/mol. The molecule has 1 unspecified atom stereocenters. The highest BCUT2D eigenvalue weighted by Gasteiger charge is 2.09. The van der Waals surface area contributed by atoms with Gasteiger partial charge in [0.15, 0.2) is 10.8 Å². The highest BCUT2D eigenvalue weighted by atomic mass is 79.9. The van der Waals surface area contributed by atoms with Gasteiger partial charge < -0.3 is 4.74 Å². The standard InChI is InChI=1S/C18H15BrO3/c1-13(19)22-18(21)16-10-7-14(8-11-16)9-12-17(20)15-5-3-2-4-6-15/h2-13H,1H3/b12-9-. The highest BCUT2D eigenvalue weighted by Crippen LogP contribution is 2.11. The molecule has 4 heteroatoms. The Morgan fingerprint density at radius 1 is 1.00 bits per heavy atom. The van der Waals surface area contributed by atoms with Crippen molar-refractivity contribution in [3.05, 3.63) is 77.4 Å². The van der Waals surface area contributed by atoms with E-state index in [0.717, 1.165) is 5.56 Å². The maximum atomic E-state index is 11.9. The number of hydrogen-bond donors (Lipinski definition) is 0. The molecule has 0 aromatic heterocycles. The van der Waals surface area contributed by atoms with Gasteiger partial charge in [-0.15, -0.1) is 0 Å². The summed E-state index contributed by atoms with van der Waals surface area (Å²) >= 11 is 3.16. The minimum atomic E-state index is -0.389. The largest absolute Gasteiger partial charge is 0.447 e. The van der Waals surface area contributed by atoms with E-state index in [9.17, 15) is 9.59 Å². The van der Waals surface area contributed by atoms with E-state index in [2.05, 4.69) is 15.9 Å². The van der Waals surface area contributed by atoms with Gasteiger partial charge in [0.25, 0.3) is 0 Å². The van der Waals surface area contributed by atoms with Crippen molar-refractivity contribution in [1.82, 2.24) is 0 Å². The lowest BCUT2D eigenvalue weighted by Crippen LogP contribution is -2.09.